The maximum atomic E-state index is 13.0. The Bertz CT molecular complexity index is 1030. The summed E-state index contributed by atoms with van der Waals surface area (Å²) in [5.41, 5.74) is 0.0570. The molecular weight excluding hydrogens is 376 g/mol. The van der Waals surface area contributed by atoms with Crippen LogP contribution in [0.4, 0.5) is 0 Å². The summed E-state index contributed by atoms with van der Waals surface area (Å²) in [6.45, 7) is 3.53. The first-order chi connectivity index (χ1) is 13.6. The zero-order valence-corrected chi connectivity index (χ0v) is 16.4. The highest BCUT2D eigenvalue weighted by Gasteiger charge is 2.25. The van der Waals surface area contributed by atoms with E-state index in [-0.39, 0.29) is 23.2 Å². The van der Waals surface area contributed by atoms with Crippen LogP contribution in [-0.2, 0) is 11.8 Å². The number of hydrogen-bond donors (Lipinski definition) is 1. The Morgan fingerprint density at radius 3 is 2.68 bits per heavy atom. The third kappa shape index (κ3) is 3.71. The molecule has 3 heterocycles. The Morgan fingerprint density at radius 1 is 1.21 bits per heavy atom. The maximum absolute atomic E-state index is 13.0. The number of morpholine rings is 1. The molecule has 1 N–H and O–H groups in total. The van der Waals surface area contributed by atoms with Crippen molar-refractivity contribution in [3.63, 3.8) is 0 Å². The van der Waals surface area contributed by atoms with Crippen LogP contribution in [0.2, 0.25) is 0 Å². The van der Waals surface area contributed by atoms with E-state index in [1.165, 1.54) is 9.56 Å². The lowest BCUT2D eigenvalue weighted by Crippen LogP contribution is -2.43. The van der Waals surface area contributed by atoms with Crippen LogP contribution in [0, 0.1) is 0 Å². The number of amides is 1. The van der Waals surface area contributed by atoms with Gasteiger partial charge in [0.2, 0.25) is 0 Å². The van der Waals surface area contributed by atoms with Crippen molar-refractivity contribution >= 4 is 28.0 Å². The number of thiophene rings is 1. The fraction of sp³-hybridized carbons (Fsp3) is 0.350. The normalized spacial score (nSPS) is 16.2. The third-order valence-corrected chi connectivity index (χ3v) is 5.96. The summed E-state index contributed by atoms with van der Waals surface area (Å²) in [4.78, 5) is 28.8. The van der Waals surface area contributed by atoms with Gasteiger partial charge in [-0.2, -0.15) is 5.10 Å². The minimum atomic E-state index is -0.276. The molecule has 1 aliphatic heterocycles. The predicted molar refractivity (Wildman–Crippen MR) is 109 cm³/mol. The Hall–Kier alpha value is -2.55. The number of ether oxygens (including phenoxy) is 1. The van der Waals surface area contributed by atoms with Crippen LogP contribution in [0.5, 0.6) is 0 Å². The minimum Gasteiger partial charge on any atom is -0.379 e. The molecule has 0 aliphatic carbocycles. The molecule has 28 heavy (non-hydrogen) atoms. The van der Waals surface area contributed by atoms with E-state index >= 15 is 0 Å². The van der Waals surface area contributed by atoms with Crippen LogP contribution < -0.4 is 10.9 Å². The summed E-state index contributed by atoms with van der Waals surface area (Å²) in [5, 5.41) is 10.4. The first-order valence-corrected chi connectivity index (χ1v) is 10.1. The Morgan fingerprint density at radius 2 is 1.96 bits per heavy atom. The number of nitrogens with zero attached hydrogens (tertiary/aromatic N) is 3. The molecule has 3 aromatic rings. The first kappa shape index (κ1) is 18.8. The number of aromatic nitrogens is 2. The molecule has 0 bridgehead atoms. The van der Waals surface area contributed by atoms with Crippen LogP contribution in [0.3, 0.4) is 0 Å². The predicted octanol–water partition coefficient (Wildman–Crippen LogP) is 1.80. The lowest BCUT2D eigenvalue weighted by atomic mass is 10.1. The lowest BCUT2D eigenvalue weighted by molar-refractivity contribution is 0.0169. The fourth-order valence-electron chi connectivity index (χ4n) is 3.52. The number of rotatable bonds is 5. The summed E-state index contributed by atoms with van der Waals surface area (Å²) < 4.78 is 6.68. The van der Waals surface area contributed by atoms with Gasteiger partial charge in [0.05, 0.1) is 24.6 Å². The molecule has 1 fully saturated rings. The van der Waals surface area contributed by atoms with E-state index in [1.54, 1.807) is 36.6 Å². The van der Waals surface area contributed by atoms with Gasteiger partial charge in [0.25, 0.3) is 11.5 Å². The van der Waals surface area contributed by atoms with Gasteiger partial charge in [-0.3, -0.25) is 14.5 Å². The van der Waals surface area contributed by atoms with Gasteiger partial charge in [-0.1, -0.05) is 24.3 Å². The highest BCUT2D eigenvalue weighted by Crippen LogP contribution is 2.25. The van der Waals surface area contributed by atoms with Gasteiger partial charge in [-0.05, 0) is 17.5 Å². The Balaban J connectivity index is 1.58. The molecule has 1 atom stereocenters. The number of aryl methyl sites for hydroxylation is 1. The van der Waals surface area contributed by atoms with Gasteiger partial charge in [0.1, 0.15) is 0 Å². The van der Waals surface area contributed by atoms with Crippen LogP contribution in [-0.4, -0.2) is 53.4 Å². The molecule has 0 radical (unpaired) electrons. The molecule has 1 saturated heterocycles. The van der Waals surface area contributed by atoms with Crippen LogP contribution in [0.15, 0.2) is 46.6 Å². The molecule has 1 aromatic carbocycles. The summed E-state index contributed by atoms with van der Waals surface area (Å²) in [5.74, 6) is -0.276. The monoisotopic (exact) mass is 398 g/mol. The number of carbonyl (C=O) groups is 1. The summed E-state index contributed by atoms with van der Waals surface area (Å²) in [6.07, 6.45) is 0. The van der Waals surface area contributed by atoms with E-state index < -0.39 is 0 Å². The van der Waals surface area contributed by atoms with E-state index in [0.717, 1.165) is 13.1 Å². The minimum absolute atomic E-state index is 0.0895. The zero-order chi connectivity index (χ0) is 19.5. The molecule has 1 aliphatic rings. The average molecular weight is 398 g/mol. The fourth-order valence-corrected chi connectivity index (χ4v) is 4.38. The van der Waals surface area contributed by atoms with E-state index in [9.17, 15) is 9.59 Å². The van der Waals surface area contributed by atoms with E-state index in [1.807, 2.05) is 17.5 Å². The van der Waals surface area contributed by atoms with Crippen molar-refractivity contribution in [2.75, 3.05) is 32.8 Å². The van der Waals surface area contributed by atoms with E-state index in [4.69, 9.17) is 4.74 Å². The van der Waals surface area contributed by atoms with Gasteiger partial charge in [-0.25, -0.2) is 4.68 Å². The number of carbonyl (C=O) groups excluding carboxylic acids is 1. The molecular formula is C20H22N4O3S. The van der Waals surface area contributed by atoms with Crippen molar-refractivity contribution in [1.29, 1.82) is 0 Å². The molecule has 0 saturated carbocycles. The van der Waals surface area contributed by atoms with E-state index in [2.05, 4.69) is 21.4 Å². The average Bonchev–Trinajstić information content (AvgIpc) is 3.26. The second-order valence-corrected chi connectivity index (χ2v) is 7.69. The molecule has 0 unspecified atom stereocenters. The lowest BCUT2D eigenvalue weighted by Gasteiger charge is -2.34. The van der Waals surface area contributed by atoms with Crippen LogP contribution in [0.25, 0.3) is 10.8 Å². The van der Waals surface area contributed by atoms with Gasteiger partial charge < -0.3 is 10.1 Å². The third-order valence-electron chi connectivity index (χ3n) is 4.99. The second-order valence-electron chi connectivity index (χ2n) is 6.71. The van der Waals surface area contributed by atoms with Crippen molar-refractivity contribution in [2.24, 2.45) is 7.05 Å². The number of fused-ring (bicyclic) bond motifs is 1. The van der Waals surface area contributed by atoms with Gasteiger partial charge in [0, 0.05) is 36.9 Å². The molecule has 7 nitrogen and oxygen atoms in total. The molecule has 1 amide bonds. The van der Waals surface area contributed by atoms with Gasteiger partial charge in [0.15, 0.2) is 5.69 Å². The van der Waals surface area contributed by atoms with Crippen LogP contribution >= 0.6 is 11.3 Å². The quantitative estimate of drug-likeness (QED) is 0.709. The first-order valence-electron chi connectivity index (χ1n) is 9.24. The molecule has 146 valence electrons. The van der Waals surface area contributed by atoms with Gasteiger partial charge >= 0.3 is 0 Å². The van der Waals surface area contributed by atoms with Crippen molar-refractivity contribution in [2.45, 2.75) is 6.04 Å². The highest BCUT2D eigenvalue weighted by molar-refractivity contribution is 7.10. The SMILES string of the molecule is Cn1nc(C(=O)NC[C@H](c2cccs2)N2CCOCC2)c2ccccc2c1=O. The highest BCUT2D eigenvalue weighted by atomic mass is 32.1. The molecule has 8 heteroatoms. The summed E-state index contributed by atoms with van der Waals surface area (Å²) >= 11 is 1.68. The zero-order valence-electron chi connectivity index (χ0n) is 15.6. The number of nitrogens with one attached hydrogen (secondary N) is 1. The van der Waals surface area contributed by atoms with Crippen molar-refractivity contribution < 1.29 is 9.53 Å². The standard InChI is InChI=1S/C20H22N4O3S/c1-23-20(26)15-6-3-2-5-14(15)18(22-23)19(25)21-13-16(17-7-4-12-28-17)24-8-10-27-11-9-24/h2-7,12,16H,8-11,13H2,1H3,(H,21,25)/t16-/m1/s1. The topological polar surface area (TPSA) is 76.5 Å². The molecule has 4 rings (SSSR count). The van der Waals surface area contributed by atoms with Crippen molar-refractivity contribution in [3.05, 3.63) is 62.7 Å². The number of benzene rings is 1. The molecule has 2 aromatic heterocycles. The Kier molecular flexibility index (Phi) is 5.52. The van der Waals surface area contributed by atoms with Crippen molar-refractivity contribution in [1.82, 2.24) is 20.0 Å². The maximum Gasteiger partial charge on any atom is 0.274 e. The van der Waals surface area contributed by atoms with E-state index in [0.29, 0.717) is 30.5 Å². The Labute approximate surface area is 166 Å². The van der Waals surface area contributed by atoms with Crippen LogP contribution in [0.1, 0.15) is 21.4 Å². The summed E-state index contributed by atoms with van der Waals surface area (Å²) in [6, 6.07) is 11.3. The largest absolute Gasteiger partial charge is 0.379 e. The smallest absolute Gasteiger partial charge is 0.274 e. The summed E-state index contributed by atoms with van der Waals surface area (Å²) in [7, 11) is 1.56. The second kappa shape index (κ2) is 8.22. The van der Waals surface area contributed by atoms with Crippen molar-refractivity contribution in [3.8, 4) is 0 Å². The molecule has 0 spiro atoms. The number of hydrogen-bond acceptors (Lipinski definition) is 6. The van der Waals surface area contributed by atoms with Gasteiger partial charge in [-0.15, -0.1) is 11.3 Å².